The first-order chi connectivity index (χ1) is 12.0. The third kappa shape index (κ3) is 3.89. The van der Waals surface area contributed by atoms with Gasteiger partial charge in [-0.2, -0.15) is 5.10 Å². The molecule has 3 rings (SSSR count). The normalized spacial score (nSPS) is 11.2. The van der Waals surface area contributed by atoms with E-state index in [9.17, 15) is 13.2 Å². The van der Waals surface area contributed by atoms with Crippen LogP contribution in [-0.2, 0) is 23.6 Å². The number of anilines is 1. The predicted molar refractivity (Wildman–Crippen MR) is 90.3 cm³/mol. The first kappa shape index (κ1) is 16.8. The van der Waals surface area contributed by atoms with Gasteiger partial charge in [-0.3, -0.25) is 14.2 Å². The van der Waals surface area contributed by atoms with Crippen LogP contribution in [0, 0.1) is 0 Å². The average Bonchev–Trinajstić information content (AvgIpc) is 3.24. The van der Waals surface area contributed by atoms with E-state index in [0.717, 1.165) is 0 Å². The fourth-order valence-corrected chi connectivity index (χ4v) is 3.25. The van der Waals surface area contributed by atoms with E-state index < -0.39 is 15.9 Å². The SMILES string of the molecule is Cn1cc(S(=O)(=O)Nc2ccccc2C(=O)NCc2ccco2)cn1. The molecule has 2 aromatic heterocycles. The number of furan rings is 1. The largest absolute Gasteiger partial charge is 0.467 e. The van der Waals surface area contributed by atoms with Crippen molar-refractivity contribution in [2.24, 2.45) is 7.05 Å². The highest BCUT2D eigenvalue weighted by molar-refractivity contribution is 7.92. The van der Waals surface area contributed by atoms with Crippen LogP contribution in [0.15, 0.2) is 64.4 Å². The van der Waals surface area contributed by atoms with Gasteiger partial charge in [0, 0.05) is 13.2 Å². The number of hydrogen-bond donors (Lipinski definition) is 2. The summed E-state index contributed by atoms with van der Waals surface area (Å²) < 4.78 is 33.8. The Morgan fingerprint density at radius 2 is 2.04 bits per heavy atom. The van der Waals surface area contributed by atoms with Crippen LogP contribution < -0.4 is 10.0 Å². The maximum Gasteiger partial charge on any atom is 0.265 e. The number of benzene rings is 1. The molecule has 0 saturated heterocycles. The highest BCUT2D eigenvalue weighted by atomic mass is 32.2. The van der Waals surface area contributed by atoms with Crippen molar-refractivity contribution in [2.45, 2.75) is 11.4 Å². The van der Waals surface area contributed by atoms with Gasteiger partial charge in [0.15, 0.2) is 0 Å². The van der Waals surface area contributed by atoms with E-state index >= 15 is 0 Å². The number of hydrogen-bond acceptors (Lipinski definition) is 5. The molecule has 8 nitrogen and oxygen atoms in total. The number of nitrogens with one attached hydrogen (secondary N) is 2. The zero-order chi connectivity index (χ0) is 17.9. The van der Waals surface area contributed by atoms with Crippen LogP contribution in [0.1, 0.15) is 16.1 Å². The second-order valence-corrected chi connectivity index (χ2v) is 6.95. The first-order valence-corrected chi connectivity index (χ1v) is 8.85. The molecule has 1 aromatic carbocycles. The molecule has 130 valence electrons. The summed E-state index contributed by atoms with van der Waals surface area (Å²) in [5, 5.41) is 6.54. The Bertz CT molecular complexity index is 977. The molecular weight excluding hydrogens is 344 g/mol. The summed E-state index contributed by atoms with van der Waals surface area (Å²) in [5.74, 6) is 0.183. The van der Waals surface area contributed by atoms with Gasteiger partial charge in [-0.15, -0.1) is 0 Å². The number of amides is 1. The molecule has 0 fully saturated rings. The Hall–Kier alpha value is -3.07. The lowest BCUT2D eigenvalue weighted by Gasteiger charge is -2.11. The topological polar surface area (TPSA) is 106 Å². The van der Waals surface area contributed by atoms with Crippen molar-refractivity contribution >= 4 is 21.6 Å². The number of carbonyl (C=O) groups is 1. The molecule has 0 atom stereocenters. The number of rotatable bonds is 6. The monoisotopic (exact) mass is 360 g/mol. The smallest absolute Gasteiger partial charge is 0.265 e. The van der Waals surface area contributed by atoms with Crippen molar-refractivity contribution in [3.63, 3.8) is 0 Å². The van der Waals surface area contributed by atoms with Crippen molar-refractivity contribution in [1.29, 1.82) is 0 Å². The minimum atomic E-state index is -3.84. The van der Waals surface area contributed by atoms with Gasteiger partial charge in [-0.05, 0) is 24.3 Å². The molecule has 0 spiro atoms. The molecule has 0 unspecified atom stereocenters. The minimum Gasteiger partial charge on any atom is -0.467 e. The zero-order valence-corrected chi connectivity index (χ0v) is 14.2. The molecule has 0 saturated carbocycles. The Morgan fingerprint density at radius 3 is 2.72 bits per heavy atom. The molecule has 0 aliphatic heterocycles. The molecule has 0 aliphatic carbocycles. The van der Waals surface area contributed by atoms with Crippen LogP contribution >= 0.6 is 0 Å². The third-order valence-electron chi connectivity index (χ3n) is 3.41. The number of aromatic nitrogens is 2. The standard InChI is InChI=1S/C16H16N4O4S/c1-20-11-13(10-18-20)25(22,23)19-15-7-3-2-6-14(15)16(21)17-9-12-5-4-8-24-12/h2-8,10-11,19H,9H2,1H3,(H,17,21). The molecule has 2 heterocycles. The highest BCUT2D eigenvalue weighted by Gasteiger charge is 2.20. The maximum absolute atomic E-state index is 12.4. The van der Waals surface area contributed by atoms with E-state index in [2.05, 4.69) is 15.1 Å². The molecular formula is C16H16N4O4S. The predicted octanol–water partition coefficient (Wildman–Crippen LogP) is 1.74. The summed E-state index contributed by atoms with van der Waals surface area (Å²) in [7, 11) is -2.22. The molecule has 0 radical (unpaired) electrons. The second-order valence-electron chi connectivity index (χ2n) is 5.26. The number of nitrogens with zero attached hydrogens (tertiary/aromatic N) is 2. The third-order valence-corrected chi connectivity index (χ3v) is 4.73. The van der Waals surface area contributed by atoms with Gasteiger partial charge >= 0.3 is 0 Å². The molecule has 2 N–H and O–H groups in total. The Kier molecular flexibility index (Phi) is 4.57. The molecule has 1 amide bonds. The molecule has 25 heavy (non-hydrogen) atoms. The lowest BCUT2D eigenvalue weighted by molar-refractivity contribution is 0.0949. The molecule has 0 bridgehead atoms. The maximum atomic E-state index is 12.4. The van der Waals surface area contributed by atoms with E-state index in [1.54, 1.807) is 37.4 Å². The number of sulfonamides is 1. The van der Waals surface area contributed by atoms with E-state index in [0.29, 0.717) is 5.76 Å². The van der Waals surface area contributed by atoms with Gasteiger partial charge in [-0.25, -0.2) is 8.42 Å². The van der Waals surface area contributed by atoms with Crippen molar-refractivity contribution in [1.82, 2.24) is 15.1 Å². The first-order valence-electron chi connectivity index (χ1n) is 7.37. The second kappa shape index (κ2) is 6.81. The average molecular weight is 360 g/mol. The van der Waals surface area contributed by atoms with E-state index in [1.165, 1.54) is 29.4 Å². The van der Waals surface area contributed by atoms with Crippen LogP contribution in [0.25, 0.3) is 0 Å². The van der Waals surface area contributed by atoms with Gasteiger partial charge in [-0.1, -0.05) is 12.1 Å². The summed E-state index contributed by atoms with van der Waals surface area (Å²) >= 11 is 0. The fraction of sp³-hybridized carbons (Fsp3) is 0.125. The van der Waals surface area contributed by atoms with Crippen LogP contribution in [0.5, 0.6) is 0 Å². The number of para-hydroxylation sites is 1. The lowest BCUT2D eigenvalue weighted by atomic mass is 10.1. The highest BCUT2D eigenvalue weighted by Crippen LogP contribution is 2.20. The van der Waals surface area contributed by atoms with Crippen LogP contribution in [0.3, 0.4) is 0 Å². The quantitative estimate of drug-likeness (QED) is 0.696. The Labute approximate surface area is 144 Å². The van der Waals surface area contributed by atoms with Crippen molar-refractivity contribution in [3.8, 4) is 0 Å². The molecule has 9 heteroatoms. The van der Waals surface area contributed by atoms with Gasteiger partial charge < -0.3 is 9.73 Å². The van der Waals surface area contributed by atoms with Gasteiger partial charge in [0.2, 0.25) is 0 Å². The Morgan fingerprint density at radius 1 is 1.24 bits per heavy atom. The van der Waals surface area contributed by atoms with Crippen molar-refractivity contribution in [2.75, 3.05) is 4.72 Å². The lowest BCUT2D eigenvalue weighted by Crippen LogP contribution is -2.24. The molecule has 3 aromatic rings. The van der Waals surface area contributed by atoms with Crippen molar-refractivity contribution < 1.29 is 17.6 Å². The summed E-state index contributed by atoms with van der Waals surface area (Å²) in [6.07, 6.45) is 4.13. The minimum absolute atomic E-state index is 0.0146. The summed E-state index contributed by atoms with van der Waals surface area (Å²) in [4.78, 5) is 12.4. The Balaban J connectivity index is 1.79. The van der Waals surface area contributed by atoms with Crippen LogP contribution in [0.2, 0.25) is 0 Å². The summed E-state index contributed by atoms with van der Waals surface area (Å²) in [5.41, 5.74) is 0.393. The fourth-order valence-electron chi connectivity index (χ4n) is 2.19. The van der Waals surface area contributed by atoms with Crippen LogP contribution in [0.4, 0.5) is 5.69 Å². The van der Waals surface area contributed by atoms with Gasteiger partial charge in [0.1, 0.15) is 10.7 Å². The zero-order valence-electron chi connectivity index (χ0n) is 13.3. The van der Waals surface area contributed by atoms with E-state index in [4.69, 9.17) is 4.42 Å². The number of aryl methyl sites for hydroxylation is 1. The van der Waals surface area contributed by atoms with E-state index in [-0.39, 0.29) is 22.7 Å². The van der Waals surface area contributed by atoms with E-state index in [1.807, 2.05) is 0 Å². The summed E-state index contributed by atoms with van der Waals surface area (Å²) in [6, 6.07) is 9.82. The summed E-state index contributed by atoms with van der Waals surface area (Å²) in [6.45, 7) is 0.204. The van der Waals surface area contributed by atoms with Gasteiger partial charge in [0.25, 0.3) is 15.9 Å². The number of carbonyl (C=O) groups excluding carboxylic acids is 1. The van der Waals surface area contributed by atoms with Crippen LogP contribution in [-0.4, -0.2) is 24.1 Å². The molecule has 0 aliphatic rings. The van der Waals surface area contributed by atoms with Gasteiger partial charge in [0.05, 0.1) is 30.3 Å². The van der Waals surface area contributed by atoms with Crippen molar-refractivity contribution in [3.05, 3.63) is 66.4 Å².